The van der Waals surface area contributed by atoms with E-state index in [2.05, 4.69) is 31.9 Å². The highest BCUT2D eigenvalue weighted by Crippen LogP contribution is 2.30. The summed E-state index contributed by atoms with van der Waals surface area (Å²) in [6.07, 6.45) is 0. The van der Waals surface area contributed by atoms with Gasteiger partial charge in [0.1, 0.15) is 11.5 Å². The maximum Gasteiger partial charge on any atom is 0.349 e. The zero-order valence-corrected chi connectivity index (χ0v) is 16.3. The summed E-state index contributed by atoms with van der Waals surface area (Å²) in [5, 5.41) is 0. The Morgan fingerprint density at radius 2 is 1.56 bits per heavy atom. The van der Waals surface area contributed by atoms with Crippen LogP contribution in [0.1, 0.15) is 0 Å². The predicted octanol–water partition coefficient (Wildman–Crippen LogP) is 5.86. The molecule has 0 amide bonds. The topological polar surface area (TPSA) is 35.5 Å². The second-order valence-corrected chi connectivity index (χ2v) is 7.00. The first-order chi connectivity index (χ1) is 12.1. The number of benzene rings is 3. The van der Waals surface area contributed by atoms with Crippen LogP contribution in [0.25, 0.3) is 11.1 Å². The van der Waals surface area contributed by atoms with E-state index in [1.165, 1.54) is 0 Å². The van der Waals surface area contributed by atoms with Crippen molar-refractivity contribution in [3.05, 3.63) is 81.7 Å². The number of esters is 1. The van der Waals surface area contributed by atoms with Gasteiger partial charge in [-0.05, 0) is 63.5 Å². The van der Waals surface area contributed by atoms with Crippen LogP contribution < -0.4 is 9.47 Å². The van der Waals surface area contributed by atoms with Gasteiger partial charge in [0, 0.05) is 4.47 Å². The molecule has 25 heavy (non-hydrogen) atoms. The minimum absolute atomic E-state index is 0.158. The van der Waals surface area contributed by atoms with Crippen LogP contribution >= 0.6 is 31.9 Å². The zero-order chi connectivity index (χ0) is 17.6. The monoisotopic (exact) mass is 460 g/mol. The number of carbonyl (C=O) groups is 1. The third-order valence-electron chi connectivity index (χ3n) is 3.43. The van der Waals surface area contributed by atoms with Crippen molar-refractivity contribution in [3.63, 3.8) is 0 Å². The van der Waals surface area contributed by atoms with Crippen LogP contribution in [0.15, 0.2) is 81.7 Å². The minimum Gasteiger partial charge on any atom is -0.482 e. The van der Waals surface area contributed by atoms with E-state index in [4.69, 9.17) is 9.47 Å². The van der Waals surface area contributed by atoms with Crippen LogP contribution in [0.2, 0.25) is 0 Å². The molecule has 3 nitrogen and oxygen atoms in total. The summed E-state index contributed by atoms with van der Waals surface area (Å²) in [7, 11) is 0. The SMILES string of the molecule is O=C(COc1ccc(Br)cc1)Oc1ccc(-c2ccccc2)cc1Br. The lowest BCUT2D eigenvalue weighted by Gasteiger charge is -2.10. The minimum atomic E-state index is -0.462. The van der Waals surface area contributed by atoms with Gasteiger partial charge in [0.05, 0.1) is 4.47 Å². The first kappa shape index (κ1) is 17.7. The van der Waals surface area contributed by atoms with Crippen LogP contribution in [-0.2, 0) is 4.79 Å². The molecule has 0 heterocycles. The normalized spacial score (nSPS) is 10.3. The Morgan fingerprint density at radius 3 is 2.24 bits per heavy atom. The average Bonchev–Trinajstić information content (AvgIpc) is 2.64. The fraction of sp³-hybridized carbons (Fsp3) is 0.0500. The van der Waals surface area contributed by atoms with Crippen molar-refractivity contribution < 1.29 is 14.3 Å². The van der Waals surface area contributed by atoms with Gasteiger partial charge in [-0.3, -0.25) is 0 Å². The Hall–Kier alpha value is -2.11. The highest BCUT2D eigenvalue weighted by Gasteiger charge is 2.10. The van der Waals surface area contributed by atoms with Crippen molar-refractivity contribution in [2.45, 2.75) is 0 Å². The van der Waals surface area contributed by atoms with Crippen LogP contribution in [0.4, 0.5) is 0 Å². The number of hydrogen-bond acceptors (Lipinski definition) is 3. The number of carbonyl (C=O) groups excluding carboxylic acids is 1. The fourth-order valence-corrected chi connectivity index (χ4v) is 2.94. The molecule has 5 heteroatoms. The van der Waals surface area contributed by atoms with Gasteiger partial charge < -0.3 is 9.47 Å². The molecule has 0 radical (unpaired) electrons. The van der Waals surface area contributed by atoms with Crippen LogP contribution in [0.3, 0.4) is 0 Å². The molecule has 3 aromatic carbocycles. The van der Waals surface area contributed by atoms with E-state index >= 15 is 0 Å². The van der Waals surface area contributed by atoms with E-state index in [9.17, 15) is 4.79 Å². The maximum absolute atomic E-state index is 12.0. The first-order valence-electron chi connectivity index (χ1n) is 7.56. The summed E-state index contributed by atoms with van der Waals surface area (Å²) < 4.78 is 12.4. The number of rotatable bonds is 5. The van der Waals surface area contributed by atoms with Gasteiger partial charge in [-0.2, -0.15) is 0 Å². The number of halogens is 2. The highest BCUT2D eigenvalue weighted by atomic mass is 79.9. The van der Waals surface area contributed by atoms with E-state index in [1.54, 1.807) is 18.2 Å². The lowest BCUT2D eigenvalue weighted by atomic mass is 10.1. The predicted molar refractivity (Wildman–Crippen MR) is 105 cm³/mol. The molecule has 0 aliphatic heterocycles. The van der Waals surface area contributed by atoms with E-state index in [0.29, 0.717) is 16.0 Å². The van der Waals surface area contributed by atoms with Crippen LogP contribution in [0.5, 0.6) is 11.5 Å². The van der Waals surface area contributed by atoms with E-state index in [1.807, 2.05) is 54.6 Å². The smallest absolute Gasteiger partial charge is 0.349 e. The van der Waals surface area contributed by atoms with Gasteiger partial charge in [-0.1, -0.05) is 52.3 Å². The lowest BCUT2D eigenvalue weighted by molar-refractivity contribution is -0.136. The molecule has 126 valence electrons. The Morgan fingerprint density at radius 1 is 0.840 bits per heavy atom. The molecule has 0 saturated heterocycles. The van der Waals surface area contributed by atoms with Gasteiger partial charge in [0.25, 0.3) is 0 Å². The standard InChI is InChI=1S/C20H14Br2O3/c21-16-7-9-17(10-8-16)24-13-20(23)25-19-11-6-15(12-18(19)22)14-4-2-1-3-5-14/h1-12H,13H2. The van der Waals surface area contributed by atoms with Crippen LogP contribution in [0, 0.1) is 0 Å². The molecule has 0 saturated carbocycles. The number of hydrogen-bond donors (Lipinski definition) is 0. The summed E-state index contributed by atoms with van der Waals surface area (Å²) in [6.45, 7) is -0.158. The van der Waals surface area contributed by atoms with Crippen molar-refractivity contribution in [2.75, 3.05) is 6.61 Å². The number of ether oxygens (including phenoxy) is 2. The van der Waals surface area contributed by atoms with Crippen molar-refractivity contribution in [3.8, 4) is 22.6 Å². The second kappa shape index (κ2) is 8.32. The third-order valence-corrected chi connectivity index (χ3v) is 4.58. The molecule has 3 aromatic rings. The largest absolute Gasteiger partial charge is 0.482 e. The van der Waals surface area contributed by atoms with Crippen molar-refractivity contribution in [1.29, 1.82) is 0 Å². The quantitative estimate of drug-likeness (QED) is 0.352. The first-order valence-corrected chi connectivity index (χ1v) is 9.14. The van der Waals surface area contributed by atoms with Gasteiger partial charge in [-0.25, -0.2) is 4.79 Å². The van der Waals surface area contributed by atoms with E-state index < -0.39 is 5.97 Å². The third kappa shape index (κ3) is 4.94. The average molecular weight is 462 g/mol. The second-order valence-electron chi connectivity index (χ2n) is 5.23. The molecule has 0 N–H and O–H groups in total. The Labute approximate surface area is 162 Å². The Balaban J connectivity index is 1.62. The van der Waals surface area contributed by atoms with E-state index in [0.717, 1.165) is 15.6 Å². The van der Waals surface area contributed by atoms with Gasteiger partial charge in [-0.15, -0.1) is 0 Å². The summed E-state index contributed by atoms with van der Waals surface area (Å²) in [4.78, 5) is 12.0. The van der Waals surface area contributed by atoms with Crippen molar-refractivity contribution in [1.82, 2.24) is 0 Å². The lowest BCUT2D eigenvalue weighted by Crippen LogP contribution is -2.17. The molecule has 0 aliphatic carbocycles. The molecule has 0 atom stereocenters. The molecule has 3 rings (SSSR count). The Bertz CT molecular complexity index is 862. The molecule has 0 aromatic heterocycles. The van der Waals surface area contributed by atoms with Gasteiger partial charge in [0.15, 0.2) is 6.61 Å². The zero-order valence-electron chi connectivity index (χ0n) is 13.1. The Kier molecular flexibility index (Phi) is 5.89. The molecule has 0 fully saturated rings. The summed E-state index contributed by atoms with van der Waals surface area (Å²) in [5.41, 5.74) is 2.14. The van der Waals surface area contributed by atoms with Gasteiger partial charge >= 0.3 is 5.97 Å². The molecular formula is C20H14Br2O3. The van der Waals surface area contributed by atoms with Crippen molar-refractivity contribution in [2.24, 2.45) is 0 Å². The summed E-state index contributed by atoms with van der Waals surface area (Å²) in [5.74, 6) is 0.610. The van der Waals surface area contributed by atoms with Gasteiger partial charge in [0.2, 0.25) is 0 Å². The highest BCUT2D eigenvalue weighted by molar-refractivity contribution is 9.10. The summed E-state index contributed by atoms with van der Waals surface area (Å²) >= 11 is 6.80. The molecule has 0 unspecified atom stereocenters. The molecular weight excluding hydrogens is 448 g/mol. The molecule has 0 bridgehead atoms. The van der Waals surface area contributed by atoms with Crippen molar-refractivity contribution >= 4 is 37.8 Å². The van der Waals surface area contributed by atoms with Crippen LogP contribution in [-0.4, -0.2) is 12.6 Å². The molecule has 0 spiro atoms. The fourth-order valence-electron chi connectivity index (χ4n) is 2.22. The maximum atomic E-state index is 12.0. The van der Waals surface area contributed by atoms with E-state index in [-0.39, 0.29) is 6.61 Å². The summed E-state index contributed by atoms with van der Waals surface area (Å²) in [6, 6.07) is 22.9. The molecule has 0 aliphatic rings.